The fourth-order valence-electron chi connectivity index (χ4n) is 2.94. The molecular weight excluding hydrogens is 241 g/mol. The van der Waals surface area contributed by atoms with E-state index in [0.29, 0.717) is 24.2 Å². The van der Waals surface area contributed by atoms with Gasteiger partial charge in [0.2, 0.25) is 0 Å². The molecule has 2 rings (SSSR count). The van der Waals surface area contributed by atoms with Gasteiger partial charge in [0.05, 0.1) is 12.7 Å². The van der Waals surface area contributed by atoms with E-state index in [-0.39, 0.29) is 12.4 Å². The molecule has 19 heavy (non-hydrogen) atoms. The number of hydrogen-bond acceptors (Lipinski definition) is 2. The summed E-state index contributed by atoms with van der Waals surface area (Å²) in [6.45, 7) is 3.03. The van der Waals surface area contributed by atoms with E-state index in [4.69, 9.17) is 10.5 Å². The molecule has 1 aromatic rings. The molecular formula is C16H24FNO. The van der Waals surface area contributed by atoms with Gasteiger partial charge in [0.1, 0.15) is 5.82 Å². The molecule has 2 N–H and O–H groups in total. The van der Waals surface area contributed by atoms with Gasteiger partial charge in [-0.3, -0.25) is 0 Å². The molecule has 1 aliphatic carbocycles. The first-order chi connectivity index (χ1) is 9.24. The highest BCUT2D eigenvalue weighted by molar-refractivity contribution is 5.24. The van der Waals surface area contributed by atoms with Crippen LogP contribution in [-0.2, 0) is 17.9 Å². The van der Waals surface area contributed by atoms with E-state index in [2.05, 4.69) is 6.92 Å². The maximum Gasteiger partial charge on any atom is 0.127 e. The Hall–Kier alpha value is -0.930. The zero-order valence-electron chi connectivity index (χ0n) is 11.7. The van der Waals surface area contributed by atoms with Crippen molar-refractivity contribution in [3.05, 3.63) is 35.1 Å². The Morgan fingerprint density at radius 1 is 1.32 bits per heavy atom. The second-order valence-electron chi connectivity index (χ2n) is 5.43. The molecule has 1 fully saturated rings. The van der Waals surface area contributed by atoms with Crippen molar-refractivity contribution in [1.82, 2.24) is 0 Å². The fourth-order valence-corrected chi connectivity index (χ4v) is 2.94. The zero-order valence-corrected chi connectivity index (χ0v) is 11.7. The number of halogens is 1. The maximum absolute atomic E-state index is 13.4. The Bertz CT molecular complexity index is 408. The molecule has 2 atom stereocenters. The van der Waals surface area contributed by atoms with E-state index in [9.17, 15) is 4.39 Å². The van der Waals surface area contributed by atoms with Gasteiger partial charge in [-0.25, -0.2) is 4.39 Å². The van der Waals surface area contributed by atoms with Crippen molar-refractivity contribution in [2.24, 2.45) is 11.7 Å². The van der Waals surface area contributed by atoms with Crippen molar-refractivity contribution in [2.75, 3.05) is 0 Å². The Labute approximate surface area is 115 Å². The number of benzene rings is 1. The van der Waals surface area contributed by atoms with Crippen LogP contribution in [0.5, 0.6) is 0 Å². The highest BCUT2D eigenvalue weighted by Gasteiger charge is 2.24. The molecule has 2 unspecified atom stereocenters. The van der Waals surface area contributed by atoms with Gasteiger partial charge in [0.15, 0.2) is 0 Å². The highest BCUT2D eigenvalue weighted by Crippen LogP contribution is 2.29. The fraction of sp³-hybridized carbons (Fsp3) is 0.625. The monoisotopic (exact) mass is 265 g/mol. The zero-order chi connectivity index (χ0) is 13.7. The molecule has 0 radical (unpaired) electrons. The summed E-state index contributed by atoms with van der Waals surface area (Å²) < 4.78 is 19.4. The first-order valence-electron chi connectivity index (χ1n) is 7.33. The van der Waals surface area contributed by atoms with Gasteiger partial charge in [0, 0.05) is 12.1 Å². The second-order valence-corrected chi connectivity index (χ2v) is 5.43. The molecule has 2 nitrogen and oxygen atoms in total. The van der Waals surface area contributed by atoms with Crippen LogP contribution in [-0.4, -0.2) is 6.10 Å². The molecule has 1 aromatic carbocycles. The largest absolute Gasteiger partial charge is 0.373 e. The minimum absolute atomic E-state index is 0.227. The van der Waals surface area contributed by atoms with E-state index in [1.165, 1.54) is 31.7 Å². The topological polar surface area (TPSA) is 35.2 Å². The summed E-state index contributed by atoms with van der Waals surface area (Å²) in [6.07, 6.45) is 6.57. The molecule has 1 saturated carbocycles. The lowest BCUT2D eigenvalue weighted by Gasteiger charge is -2.30. The molecule has 0 aliphatic heterocycles. The summed E-state index contributed by atoms with van der Waals surface area (Å²) in [5, 5.41) is 0. The summed E-state index contributed by atoms with van der Waals surface area (Å²) >= 11 is 0. The maximum atomic E-state index is 13.4. The van der Waals surface area contributed by atoms with Crippen molar-refractivity contribution < 1.29 is 9.13 Å². The first-order valence-corrected chi connectivity index (χ1v) is 7.33. The third kappa shape index (κ3) is 3.77. The Morgan fingerprint density at radius 2 is 2.11 bits per heavy atom. The van der Waals surface area contributed by atoms with Crippen molar-refractivity contribution >= 4 is 0 Å². The Kier molecular flexibility index (Phi) is 5.34. The lowest BCUT2D eigenvalue weighted by atomic mass is 9.85. The van der Waals surface area contributed by atoms with Crippen LogP contribution in [0.1, 0.15) is 50.2 Å². The smallest absolute Gasteiger partial charge is 0.127 e. The van der Waals surface area contributed by atoms with Crippen molar-refractivity contribution in [3.8, 4) is 0 Å². The van der Waals surface area contributed by atoms with Crippen molar-refractivity contribution in [2.45, 2.75) is 58.3 Å². The lowest BCUT2D eigenvalue weighted by molar-refractivity contribution is -0.0222. The van der Waals surface area contributed by atoms with Gasteiger partial charge in [-0.2, -0.15) is 0 Å². The average molecular weight is 265 g/mol. The van der Waals surface area contributed by atoms with Crippen LogP contribution >= 0.6 is 0 Å². The molecule has 106 valence electrons. The van der Waals surface area contributed by atoms with E-state index in [0.717, 1.165) is 12.0 Å². The van der Waals surface area contributed by atoms with Crippen LogP contribution < -0.4 is 5.73 Å². The van der Waals surface area contributed by atoms with Crippen LogP contribution in [0.25, 0.3) is 0 Å². The van der Waals surface area contributed by atoms with E-state index < -0.39 is 0 Å². The predicted molar refractivity (Wildman–Crippen MR) is 75.1 cm³/mol. The Morgan fingerprint density at radius 3 is 2.84 bits per heavy atom. The number of ether oxygens (including phenoxy) is 1. The highest BCUT2D eigenvalue weighted by atomic mass is 19.1. The van der Waals surface area contributed by atoms with Crippen molar-refractivity contribution in [1.29, 1.82) is 0 Å². The molecule has 0 heterocycles. The normalized spacial score (nSPS) is 23.5. The summed E-state index contributed by atoms with van der Waals surface area (Å²) in [7, 11) is 0. The van der Waals surface area contributed by atoms with E-state index in [1.807, 2.05) is 6.07 Å². The second kappa shape index (κ2) is 7.01. The molecule has 0 bridgehead atoms. The molecule has 1 aliphatic rings. The van der Waals surface area contributed by atoms with Crippen LogP contribution in [0.2, 0.25) is 0 Å². The molecule has 0 saturated heterocycles. The lowest BCUT2D eigenvalue weighted by Crippen LogP contribution is -2.27. The van der Waals surface area contributed by atoms with Gasteiger partial charge >= 0.3 is 0 Å². The van der Waals surface area contributed by atoms with Gasteiger partial charge in [-0.15, -0.1) is 0 Å². The van der Waals surface area contributed by atoms with E-state index >= 15 is 0 Å². The Balaban J connectivity index is 1.94. The number of rotatable bonds is 5. The molecule has 0 amide bonds. The van der Waals surface area contributed by atoms with Gasteiger partial charge in [0.25, 0.3) is 0 Å². The van der Waals surface area contributed by atoms with Gasteiger partial charge in [-0.1, -0.05) is 32.3 Å². The summed E-state index contributed by atoms with van der Waals surface area (Å²) in [5.41, 5.74) is 7.10. The molecule has 0 aromatic heterocycles. The minimum Gasteiger partial charge on any atom is -0.373 e. The number of nitrogens with two attached hydrogens (primary N) is 1. The van der Waals surface area contributed by atoms with E-state index in [1.54, 1.807) is 6.07 Å². The van der Waals surface area contributed by atoms with Crippen LogP contribution in [0, 0.1) is 11.7 Å². The summed E-state index contributed by atoms with van der Waals surface area (Å²) in [4.78, 5) is 0. The minimum atomic E-state index is -0.227. The first kappa shape index (κ1) is 14.5. The predicted octanol–water partition coefficient (Wildman–Crippen LogP) is 3.77. The van der Waals surface area contributed by atoms with Crippen LogP contribution in [0.15, 0.2) is 18.2 Å². The summed E-state index contributed by atoms with van der Waals surface area (Å²) in [5.74, 6) is 0.457. The summed E-state index contributed by atoms with van der Waals surface area (Å²) in [6, 6.07) is 5.09. The third-order valence-corrected chi connectivity index (χ3v) is 4.16. The average Bonchev–Trinajstić information content (AvgIpc) is 2.46. The SMILES string of the molecule is CCC1CCCCC1OCc1ccc(F)c(CN)c1. The molecule has 3 heteroatoms. The van der Waals surface area contributed by atoms with Crippen molar-refractivity contribution in [3.63, 3.8) is 0 Å². The standard InChI is InChI=1S/C16H24FNO/c1-2-13-5-3-4-6-16(13)19-11-12-7-8-15(17)14(9-12)10-18/h7-9,13,16H,2-6,10-11,18H2,1H3. The van der Waals surface area contributed by atoms with Crippen LogP contribution in [0.3, 0.4) is 0 Å². The third-order valence-electron chi connectivity index (χ3n) is 4.16. The number of hydrogen-bond donors (Lipinski definition) is 1. The van der Waals surface area contributed by atoms with Crippen LogP contribution in [0.4, 0.5) is 4.39 Å². The van der Waals surface area contributed by atoms with Gasteiger partial charge in [-0.05, 0) is 36.5 Å². The molecule has 0 spiro atoms. The quantitative estimate of drug-likeness (QED) is 0.879. The van der Waals surface area contributed by atoms with Gasteiger partial charge < -0.3 is 10.5 Å².